The highest BCUT2D eigenvalue weighted by molar-refractivity contribution is 7.18. The summed E-state index contributed by atoms with van der Waals surface area (Å²) in [6.07, 6.45) is 10.1. The van der Waals surface area contributed by atoms with Gasteiger partial charge >= 0.3 is 0 Å². The minimum absolute atomic E-state index is 0.000854. The van der Waals surface area contributed by atoms with Crippen LogP contribution in [0.2, 0.25) is 0 Å². The Kier molecular flexibility index (Phi) is 6.88. The number of hydrogen-bond donors (Lipinski definition) is 1. The van der Waals surface area contributed by atoms with Crippen molar-refractivity contribution < 1.29 is 4.79 Å². The molecule has 1 fully saturated rings. The van der Waals surface area contributed by atoms with Gasteiger partial charge in [0.2, 0.25) is 5.91 Å². The van der Waals surface area contributed by atoms with E-state index in [0.717, 1.165) is 49.1 Å². The molecule has 5 rings (SSSR count). The molecule has 1 amide bonds. The average molecular weight is 465 g/mol. The maximum Gasteiger partial charge on any atom is 0.262 e. The van der Waals surface area contributed by atoms with Gasteiger partial charge in [0.05, 0.1) is 11.7 Å². The second kappa shape index (κ2) is 10.2. The third kappa shape index (κ3) is 5.04. The van der Waals surface area contributed by atoms with E-state index in [1.54, 1.807) is 22.2 Å². The standard InChI is InChI=1S/C26H32N4O2S/c31-23(27-16-19-8-2-3-9-20(19)17-29-13-6-1-7-14-29)12-15-30-18-28-25-24(26(30)32)21-10-4-5-11-22(21)33-25/h2-3,8-9,18H,1,4-7,10-17H2,(H,27,31). The lowest BCUT2D eigenvalue weighted by atomic mass is 9.97. The fraction of sp³-hybridized carbons (Fsp3) is 0.500. The van der Waals surface area contributed by atoms with Crippen LogP contribution in [0.1, 0.15) is 60.1 Å². The molecule has 2 aliphatic rings. The van der Waals surface area contributed by atoms with Crippen LogP contribution in [0.3, 0.4) is 0 Å². The first-order chi connectivity index (χ1) is 16.2. The van der Waals surface area contributed by atoms with Crippen molar-refractivity contribution in [1.29, 1.82) is 0 Å². The maximum atomic E-state index is 13.1. The maximum absolute atomic E-state index is 13.1. The number of benzene rings is 1. The third-order valence-electron chi connectivity index (χ3n) is 6.96. The number of fused-ring (bicyclic) bond motifs is 3. The van der Waals surface area contributed by atoms with Crippen molar-refractivity contribution in [2.75, 3.05) is 13.1 Å². The van der Waals surface area contributed by atoms with Crippen LogP contribution in [-0.4, -0.2) is 33.4 Å². The van der Waals surface area contributed by atoms with Gasteiger partial charge in [-0.25, -0.2) is 4.98 Å². The Morgan fingerprint density at radius 3 is 2.67 bits per heavy atom. The van der Waals surface area contributed by atoms with Crippen molar-refractivity contribution in [1.82, 2.24) is 19.8 Å². The third-order valence-corrected chi connectivity index (χ3v) is 8.16. The number of nitrogens with zero attached hydrogens (tertiary/aromatic N) is 3. The summed E-state index contributed by atoms with van der Waals surface area (Å²) in [5.41, 5.74) is 3.65. The lowest BCUT2D eigenvalue weighted by Gasteiger charge is -2.27. The van der Waals surface area contributed by atoms with Gasteiger partial charge in [-0.15, -0.1) is 11.3 Å². The fourth-order valence-electron chi connectivity index (χ4n) is 5.09. The quantitative estimate of drug-likeness (QED) is 0.573. The summed E-state index contributed by atoms with van der Waals surface area (Å²) in [5, 5.41) is 3.84. The molecule has 0 radical (unpaired) electrons. The number of carbonyl (C=O) groups is 1. The highest BCUT2D eigenvalue weighted by Crippen LogP contribution is 2.33. The minimum Gasteiger partial charge on any atom is -0.352 e. The van der Waals surface area contributed by atoms with Gasteiger partial charge in [-0.2, -0.15) is 0 Å². The van der Waals surface area contributed by atoms with Gasteiger partial charge in [0.1, 0.15) is 4.83 Å². The summed E-state index contributed by atoms with van der Waals surface area (Å²) in [5.74, 6) is -0.0397. The molecule has 0 spiro atoms. The largest absolute Gasteiger partial charge is 0.352 e. The summed E-state index contributed by atoms with van der Waals surface area (Å²) in [7, 11) is 0. The lowest BCUT2D eigenvalue weighted by molar-refractivity contribution is -0.121. The average Bonchev–Trinajstić information content (AvgIpc) is 3.23. The zero-order valence-electron chi connectivity index (χ0n) is 19.1. The van der Waals surface area contributed by atoms with Crippen LogP contribution in [0.15, 0.2) is 35.4 Å². The molecule has 0 bridgehead atoms. The SMILES string of the molecule is O=C(CCn1cnc2sc3c(c2c1=O)CCCC3)NCc1ccccc1CN1CCCCC1. The predicted molar refractivity (Wildman–Crippen MR) is 133 cm³/mol. The van der Waals surface area contributed by atoms with Crippen LogP contribution in [0.4, 0.5) is 0 Å². The molecular formula is C26H32N4O2S. The van der Waals surface area contributed by atoms with Crippen LogP contribution in [0.5, 0.6) is 0 Å². The molecule has 0 saturated carbocycles. The molecule has 1 aromatic carbocycles. The molecule has 0 atom stereocenters. The second-order valence-corrected chi connectivity index (χ2v) is 10.4. The molecule has 33 heavy (non-hydrogen) atoms. The van der Waals surface area contributed by atoms with E-state index in [1.165, 1.54) is 47.3 Å². The molecule has 1 aliphatic heterocycles. The van der Waals surface area contributed by atoms with Crippen molar-refractivity contribution >= 4 is 27.5 Å². The van der Waals surface area contributed by atoms with Crippen molar-refractivity contribution in [3.63, 3.8) is 0 Å². The molecule has 3 heterocycles. The van der Waals surface area contributed by atoms with Crippen molar-refractivity contribution in [2.24, 2.45) is 0 Å². The molecule has 1 N–H and O–H groups in total. The Labute approximate surface area is 198 Å². The highest BCUT2D eigenvalue weighted by Gasteiger charge is 2.20. The summed E-state index contributed by atoms with van der Waals surface area (Å²) >= 11 is 1.66. The monoisotopic (exact) mass is 464 g/mol. The first-order valence-electron chi connectivity index (χ1n) is 12.2. The van der Waals surface area contributed by atoms with E-state index in [2.05, 4.69) is 33.4 Å². The number of amides is 1. The molecular weight excluding hydrogens is 432 g/mol. The van der Waals surface area contributed by atoms with E-state index in [9.17, 15) is 9.59 Å². The first-order valence-corrected chi connectivity index (χ1v) is 13.1. The number of nitrogens with one attached hydrogen (secondary N) is 1. The summed E-state index contributed by atoms with van der Waals surface area (Å²) in [6, 6.07) is 8.37. The van der Waals surface area contributed by atoms with Gasteiger partial charge in [0.25, 0.3) is 5.56 Å². The van der Waals surface area contributed by atoms with Gasteiger partial charge in [0.15, 0.2) is 0 Å². The van der Waals surface area contributed by atoms with Crippen molar-refractivity contribution in [2.45, 2.75) is 71.0 Å². The van der Waals surface area contributed by atoms with E-state index in [4.69, 9.17) is 0 Å². The highest BCUT2D eigenvalue weighted by atomic mass is 32.1. The van der Waals surface area contributed by atoms with E-state index >= 15 is 0 Å². The lowest BCUT2D eigenvalue weighted by Crippen LogP contribution is -2.30. The number of likely N-dealkylation sites (tertiary alicyclic amines) is 1. The Morgan fingerprint density at radius 1 is 1.03 bits per heavy atom. The normalized spacial score (nSPS) is 16.6. The van der Waals surface area contributed by atoms with Gasteiger partial charge in [0, 0.05) is 30.9 Å². The van der Waals surface area contributed by atoms with Crippen molar-refractivity contribution in [3.8, 4) is 0 Å². The predicted octanol–water partition coefficient (Wildman–Crippen LogP) is 4.03. The van der Waals surface area contributed by atoms with E-state index in [1.807, 2.05) is 6.07 Å². The molecule has 174 valence electrons. The zero-order chi connectivity index (χ0) is 22.6. The Bertz CT molecular complexity index is 1190. The Morgan fingerprint density at radius 2 is 1.82 bits per heavy atom. The van der Waals surface area contributed by atoms with Crippen molar-refractivity contribution in [3.05, 3.63) is 62.5 Å². The van der Waals surface area contributed by atoms with Gasteiger partial charge in [-0.3, -0.25) is 19.1 Å². The summed E-state index contributed by atoms with van der Waals surface area (Å²) < 4.78 is 1.60. The number of aryl methyl sites for hydroxylation is 3. The molecule has 3 aromatic rings. The van der Waals surface area contributed by atoms with E-state index in [-0.39, 0.29) is 17.9 Å². The zero-order valence-corrected chi connectivity index (χ0v) is 20.0. The van der Waals surface area contributed by atoms with Crippen LogP contribution in [0.25, 0.3) is 10.2 Å². The minimum atomic E-state index is -0.0397. The van der Waals surface area contributed by atoms with Crippen LogP contribution < -0.4 is 10.9 Å². The number of carbonyl (C=O) groups excluding carboxylic acids is 1. The number of hydrogen-bond acceptors (Lipinski definition) is 5. The molecule has 2 aromatic heterocycles. The first kappa shape index (κ1) is 22.3. The number of aromatic nitrogens is 2. The molecule has 7 heteroatoms. The molecule has 6 nitrogen and oxygen atoms in total. The molecule has 1 aliphatic carbocycles. The van der Waals surface area contributed by atoms with Gasteiger partial charge < -0.3 is 5.32 Å². The molecule has 0 unspecified atom stereocenters. The van der Waals surface area contributed by atoms with Gasteiger partial charge in [-0.05, 0) is 68.3 Å². The topological polar surface area (TPSA) is 67.2 Å². The smallest absolute Gasteiger partial charge is 0.262 e. The summed E-state index contributed by atoms with van der Waals surface area (Å²) in [6.45, 7) is 4.13. The van der Waals surface area contributed by atoms with E-state index in [0.29, 0.717) is 13.1 Å². The second-order valence-electron chi connectivity index (χ2n) is 9.27. The van der Waals surface area contributed by atoms with E-state index < -0.39 is 0 Å². The fourth-order valence-corrected chi connectivity index (χ4v) is 6.31. The van der Waals surface area contributed by atoms with Gasteiger partial charge in [-0.1, -0.05) is 30.7 Å². The molecule has 1 saturated heterocycles. The van der Waals surface area contributed by atoms with Crippen LogP contribution >= 0.6 is 11.3 Å². The number of rotatable bonds is 7. The number of piperidine rings is 1. The van der Waals surface area contributed by atoms with Crippen LogP contribution in [0, 0.1) is 0 Å². The Hall–Kier alpha value is -2.51. The van der Waals surface area contributed by atoms with Crippen LogP contribution in [-0.2, 0) is 37.3 Å². The number of thiophene rings is 1. The summed E-state index contributed by atoms with van der Waals surface area (Å²) in [4.78, 5) is 34.9. The Balaban J connectivity index is 1.20.